The monoisotopic (exact) mass is 309 g/mol. The topological polar surface area (TPSA) is 72.9 Å². The fourth-order valence-electron chi connectivity index (χ4n) is 2.43. The van der Waals surface area contributed by atoms with Crippen molar-refractivity contribution >= 4 is 17.6 Å². The number of carbonyl (C=O) groups excluding carboxylic acids is 1. The number of aliphatic carboxylic acids is 1. The maximum atomic E-state index is 12.8. The Kier molecular flexibility index (Phi) is 5.46. The average Bonchev–Trinajstić information content (AvgIpc) is 2.48. The van der Waals surface area contributed by atoms with Crippen molar-refractivity contribution in [3.05, 3.63) is 30.1 Å². The van der Waals surface area contributed by atoms with Gasteiger partial charge in [-0.25, -0.2) is 4.39 Å². The first-order valence-corrected chi connectivity index (χ1v) is 7.16. The van der Waals surface area contributed by atoms with E-state index in [9.17, 15) is 19.1 Å². The molecule has 1 atom stereocenters. The van der Waals surface area contributed by atoms with Gasteiger partial charge in [0.05, 0.1) is 6.42 Å². The van der Waals surface area contributed by atoms with Gasteiger partial charge in [0.2, 0.25) is 5.91 Å². The van der Waals surface area contributed by atoms with Crippen molar-refractivity contribution in [3.63, 3.8) is 0 Å². The fraction of sp³-hybridized carbons (Fsp3) is 0.467. The van der Waals surface area contributed by atoms with Gasteiger partial charge in [0.1, 0.15) is 11.9 Å². The molecular formula is C15H20FN3O3. The highest BCUT2D eigenvalue weighted by Gasteiger charge is 2.30. The van der Waals surface area contributed by atoms with Crippen molar-refractivity contribution < 1.29 is 19.1 Å². The first-order chi connectivity index (χ1) is 10.5. The summed E-state index contributed by atoms with van der Waals surface area (Å²) in [5, 5.41) is 12.0. The number of benzene rings is 1. The molecule has 1 unspecified atom stereocenters. The van der Waals surface area contributed by atoms with Crippen LogP contribution in [0.25, 0.3) is 0 Å². The molecule has 0 aromatic heterocycles. The summed E-state index contributed by atoms with van der Waals surface area (Å²) < 4.78 is 12.8. The number of rotatable bonds is 5. The molecule has 0 spiro atoms. The number of amides is 1. The summed E-state index contributed by atoms with van der Waals surface area (Å²) >= 11 is 0. The Morgan fingerprint density at radius 2 is 1.82 bits per heavy atom. The van der Waals surface area contributed by atoms with Crippen LogP contribution in [-0.4, -0.2) is 66.1 Å². The molecule has 0 aliphatic carbocycles. The third kappa shape index (κ3) is 4.51. The number of piperazine rings is 1. The predicted molar refractivity (Wildman–Crippen MR) is 80.1 cm³/mol. The molecule has 1 amide bonds. The zero-order chi connectivity index (χ0) is 16.1. The zero-order valence-electron chi connectivity index (χ0n) is 12.5. The highest BCUT2D eigenvalue weighted by Crippen LogP contribution is 2.12. The highest BCUT2D eigenvalue weighted by molar-refractivity contribution is 5.94. The van der Waals surface area contributed by atoms with Gasteiger partial charge in [0, 0.05) is 31.9 Å². The third-order valence-electron chi connectivity index (χ3n) is 3.77. The Bertz CT molecular complexity index is 527. The average molecular weight is 309 g/mol. The van der Waals surface area contributed by atoms with E-state index in [2.05, 4.69) is 10.2 Å². The van der Waals surface area contributed by atoms with Gasteiger partial charge in [-0.2, -0.15) is 0 Å². The molecule has 1 aromatic rings. The predicted octanol–water partition coefficient (Wildman–Crippen LogP) is 0.855. The number of nitrogens with zero attached hydrogens (tertiary/aromatic N) is 2. The van der Waals surface area contributed by atoms with E-state index < -0.39 is 17.9 Å². The lowest BCUT2D eigenvalue weighted by Gasteiger charge is -2.35. The first-order valence-electron chi connectivity index (χ1n) is 7.16. The Labute approximate surface area is 128 Å². The number of nitrogens with one attached hydrogen (secondary N) is 1. The first kappa shape index (κ1) is 16.4. The molecule has 0 bridgehead atoms. The molecule has 120 valence electrons. The van der Waals surface area contributed by atoms with Gasteiger partial charge in [-0.05, 0) is 31.3 Å². The van der Waals surface area contributed by atoms with Crippen LogP contribution in [0.2, 0.25) is 0 Å². The van der Waals surface area contributed by atoms with Crippen LogP contribution in [-0.2, 0) is 9.59 Å². The molecule has 6 nitrogen and oxygen atoms in total. The summed E-state index contributed by atoms with van der Waals surface area (Å²) in [5.74, 6) is -1.78. The largest absolute Gasteiger partial charge is 0.480 e. The highest BCUT2D eigenvalue weighted by atomic mass is 19.1. The molecule has 1 aliphatic heterocycles. The number of likely N-dealkylation sites (N-methyl/N-ethyl adjacent to an activating group) is 1. The molecule has 0 radical (unpaired) electrons. The van der Waals surface area contributed by atoms with Crippen LogP contribution in [0, 0.1) is 5.82 Å². The number of hydrogen-bond acceptors (Lipinski definition) is 4. The van der Waals surface area contributed by atoms with E-state index in [0.29, 0.717) is 18.8 Å². The third-order valence-corrected chi connectivity index (χ3v) is 3.77. The number of carboxylic acid groups (broad SMARTS) is 1. The molecule has 7 heteroatoms. The summed E-state index contributed by atoms with van der Waals surface area (Å²) in [6.07, 6.45) is -0.129. The number of halogens is 1. The number of hydrogen-bond donors (Lipinski definition) is 2. The van der Waals surface area contributed by atoms with Gasteiger partial charge < -0.3 is 15.3 Å². The Morgan fingerprint density at radius 3 is 2.36 bits per heavy atom. The van der Waals surface area contributed by atoms with Crippen LogP contribution in [0.4, 0.5) is 10.1 Å². The second-order valence-electron chi connectivity index (χ2n) is 5.45. The molecule has 22 heavy (non-hydrogen) atoms. The fourth-order valence-corrected chi connectivity index (χ4v) is 2.43. The van der Waals surface area contributed by atoms with E-state index in [-0.39, 0.29) is 12.2 Å². The van der Waals surface area contributed by atoms with Crippen molar-refractivity contribution in [3.8, 4) is 0 Å². The minimum atomic E-state index is -1.00. The van der Waals surface area contributed by atoms with Gasteiger partial charge in [0.15, 0.2) is 0 Å². The summed E-state index contributed by atoms with van der Waals surface area (Å²) in [6, 6.07) is 4.53. The summed E-state index contributed by atoms with van der Waals surface area (Å²) in [4.78, 5) is 27.4. The SMILES string of the molecule is CN1CCN(C(CC(=O)Nc2ccc(F)cc2)C(=O)O)CC1. The van der Waals surface area contributed by atoms with Gasteiger partial charge >= 0.3 is 5.97 Å². The van der Waals surface area contributed by atoms with Crippen molar-refractivity contribution in [2.75, 3.05) is 38.5 Å². The maximum absolute atomic E-state index is 12.8. The van der Waals surface area contributed by atoms with Crippen LogP contribution in [0.3, 0.4) is 0 Å². The van der Waals surface area contributed by atoms with Crippen molar-refractivity contribution in [1.29, 1.82) is 0 Å². The smallest absolute Gasteiger partial charge is 0.321 e. The van der Waals surface area contributed by atoms with E-state index >= 15 is 0 Å². The number of anilines is 1. The van der Waals surface area contributed by atoms with Crippen molar-refractivity contribution in [2.45, 2.75) is 12.5 Å². The van der Waals surface area contributed by atoms with Crippen molar-refractivity contribution in [1.82, 2.24) is 9.80 Å². The van der Waals surface area contributed by atoms with E-state index in [1.54, 1.807) is 0 Å². The Morgan fingerprint density at radius 1 is 1.23 bits per heavy atom. The lowest BCUT2D eigenvalue weighted by Crippen LogP contribution is -2.52. The molecule has 1 saturated heterocycles. The molecule has 1 fully saturated rings. The van der Waals surface area contributed by atoms with Crippen LogP contribution in [0.5, 0.6) is 0 Å². The maximum Gasteiger partial charge on any atom is 0.321 e. The lowest BCUT2D eigenvalue weighted by molar-refractivity contribution is -0.145. The summed E-state index contributed by atoms with van der Waals surface area (Å²) in [7, 11) is 1.98. The lowest BCUT2D eigenvalue weighted by atomic mass is 10.1. The molecule has 0 saturated carbocycles. The molecule has 2 N–H and O–H groups in total. The number of carboxylic acids is 1. The van der Waals surface area contributed by atoms with Gasteiger partial charge in [-0.1, -0.05) is 0 Å². The molecule has 1 aliphatic rings. The molecule has 1 heterocycles. The van der Waals surface area contributed by atoms with E-state index in [4.69, 9.17) is 0 Å². The minimum absolute atomic E-state index is 0.129. The zero-order valence-corrected chi connectivity index (χ0v) is 12.5. The second kappa shape index (κ2) is 7.33. The molecular weight excluding hydrogens is 289 g/mol. The van der Waals surface area contributed by atoms with Crippen molar-refractivity contribution in [2.24, 2.45) is 0 Å². The van der Waals surface area contributed by atoms with E-state index in [1.165, 1.54) is 24.3 Å². The number of carbonyl (C=O) groups is 2. The van der Waals surface area contributed by atoms with E-state index in [1.807, 2.05) is 11.9 Å². The van der Waals surface area contributed by atoms with Gasteiger partial charge in [-0.15, -0.1) is 0 Å². The minimum Gasteiger partial charge on any atom is -0.480 e. The van der Waals surface area contributed by atoms with Gasteiger partial charge in [0.25, 0.3) is 0 Å². The molecule has 1 aromatic carbocycles. The normalized spacial score (nSPS) is 17.9. The van der Waals surface area contributed by atoms with Crippen LogP contribution in [0.15, 0.2) is 24.3 Å². The van der Waals surface area contributed by atoms with Crippen LogP contribution < -0.4 is 5.32 Å². The Hall–Kier alpha value is -1.99. The summed E-state index contributed by atoms with van der Waals surface area (Å²) in [6.45, 7) is 2.81. The standard InChI is InChI=1S/C15H20FN3O3/c1-18-6-8-19(9-7-18)13(15(21)22)10-14(20)17-12-4-2-11(16)3-5-12/h2-5,13H,6-10H2,1H3,(H,17,20)(H,21,22). The summed E-state index contributed by atoms with van der Waals surface area (Å²) in [5.41, 5.74) is 0.453. The van der Waals surface area contributed by atoms with Gasteiger partial charge in [-0.3, -0.25) is 14.5 Å². The van der Waals surface area contributed by atoms with E-state index in [0.717, 1.165) is 13.1 Å². The Balaban J connectivity index is 1.94. The van der Waals surface area contributed by atoms with Crippen LogP contribution in [0.1, 0.15) is 6.42 Å². The second-order valence-corrected chi connectivity index (χ2v) is 5.45. The molecule has 2 rings (SSSR count). The van der Waals surface area contributed by atoms with Crippen LogP contribution >= 0.6 is 0 Å². The quantitative estimate of drug-likeness (QED) is 0.844.